The van der Waals surface area contributed by atoms with Crippen LogP contribution in [0.5, 0.6) is 0 Å². The summed E-state index contributed by atoms with van der Waals surface area (Å²) < 4.78 is 49.9. The van der Waals surface area contributed by atoms with E-state index in [2.05, 4.69) is 77.4 Å². The molecule has 3 aliphatic rings. The molecule has 2 unspecified atom stereocenters. The van der Waals surface area contributed by atoms with Crippen LogP contribution >= 0.6 is 11.9 Å². The molecule has 1 saturated heterocycles. The molecule has 2 N–H and O–H groups in total. The van der Waals surface area contributed by atoms with E-state index in [4.69, 9.17) is 9.72 Å². The molecular formula is C31H42F3GeN5O2S. The summed E-state index contributed by atoms with van der Waals surface area (Å²) in [6.45, 7) is 7.30. The number of carbonyl (C=O) groups is 1. The van der Waals surface area contributed by atoms with Crippen LogP contribution in [0.2, 0.25) is 17.3 Å². The van der Waals surface area contributed by atoms with Crippen LogP contribution in [-0.4, -0.2) is 55.3 Å². The summed E-state index contributed by atoms with van der Waals surface area (Å²) in [4.78, 5) is 21.7. The van der Waals surface area contributed by atoms with Crippen molar-refractivity contribution in [3.8, 4) is 0 Å². The molecule has 0 spiro atoms. The molecule has 0 bridgehead atoms. The monoisotopic (exact) mass is 679 g/mol. The summed E-state index contributed by atoms with van der Waals surface area (Å²) in [6, 6.07) is 12.0. The number of alkyl halides is 3. The molecule has 12 heteroatoms. The van der Waals surface area contributed by atoms with E-state index >= 15 is 0 Å². The summed E-state index contributed by atoms with van der Waals surface area (Å²) in [5, 5.41) is 1.69. The van der Waals surface area contributed by atoms with E-state index in [0.717, 1.165) is 17.9 Å². The van der Waals surface area contributed by atoms with E-state index < -0.39 is 31.1 Å². The van der Waals surface area contributed by atoms with E-state index in [1.54, 1.807) is 29.4 Å². The molecule has 234 valence electrons. The first kappa shape index (κ1) is 32.2. The molecule has 43 heavy (non-hydrogen) atoms. The molecule has 7 nitrogen and oxygen atoms in total. The third-order valence-electron chi connectivity index (χ3n) is 8.67. The molecule has 2 aliphatic heterocycles. The fraction of sp³-hybridized carbons (Fsp3) is 0.548. The Balaban J connectivity index is 1.28. The Morgan fingerprint density at radius 2 is 1.86 bits per heavy atom. The molecule has 1 saturated carbocycles. The molecule has 1 aliphatic carbocycles. The van der Waals surface area contributed by atoms with E-state index in [1.807, 2.05) is 0 Å². The maximum atomic E-state index is 13.5. The van der Waals surface area contributed by atoms with Gasteiger partial charge in [-0.2, -0.15) is 18.6 Å². The SMILES string of the molecule is CC1CN(c2nc(N3C=CC(OCCC4(C(F)(F)F)CC4)N3)ccc2C(=O)NSc2cc[c]([Ge]([CH3])([CH3])[CH3])cc2)C(C)(C)C1. The van der Waals surface area contributed by atoms with Crippen LogP contribution in [-0.2, 0) is 4.74 Å². The zero-order valence-electron chi connectivity index (χ0n) is 25.7. The number of hydrogen-bond acceptors (Lipinski definition) is 7. The predicted molar refractivity (Wildman–Crippen MR) is 169 cm³/mol. The number of rotatable bonds is 10. The van der Waals surface area contributed by atoms with Crippen molar-refractivity contribution < 1.29 is 22.7 Å². The molecule has 1 aromatic heterocycles. The first-order valence-electron chi connectivity index (χ1n) is 14.9. The molecular weight excluding hydrogens is 636 g/mol. The predicted octanol–water partition coefficient (Wildman–Crippen LogP) is 6.60. The van der Waals surface area contributed by atoms with Crippen molar-refractivity contribution in [3.63, 3.8) is 0 Å². The Morgan fingerprint density at radius 1 is 1.16 bits per heavy atom. The third kappa shape index (κ3) is 7.20. The quantitative estimate of drug-likeness (QED) is 0.217. The molecule has 1 aromatic carbocycles. The van der Waals surface area contributed by atoms with Crippen molar-refractivity contribution in [2.75, 3.05) is 23.1 Å². The van der Waals surface area contributed by atoms with Gasteiger partial charge in [-0.1, -0.05) is 6.92 Å². The van der Waals surface area contributed by atoms with Crippen LogP contribution in [0, 0.1) is 11.3 Å². The average molecular weight is 678 g/mol. The van der Waals surface area contributed by atoms with Crippen LogP contribution in [0.3, 0.4) is 0 Å². The van der Waals surface area contributed by atoms with Crippen molar-refractivity contribution in [2.45, 2.75) is 86.6 Å². The number of amides is 1. The first-order chi connectivity index (χ1) is 20.1. The Bertz CT molecular complexity index is 1360. The minimum atomic E-state index is -4.19. The zero-order chi connectivity index (χ0) is 31.2. The van der Waals surface area contributed by atoms with Crippen LogP contribution in [0.15, 0.2) is 53.6 Å². The van der Waals surface area contributed by atoms with Gasteiger partial charge in [-0.25, -0.2) is 0 Å². The zero-order valence-corrected chi connectivity index (χ0v) is 28.6. The van der Waals surface area contributed by atoms with Crippen molar-refractivity contribution in [3.05, 3.63) is 54.2 Å². The van der Waals surface area contributed by atoms with Crippen LogP contribution < -0.4 is 24.5 Å². The number of hydrazine groups is 1. The van der Waals surface area contributed by atoms with Crippen LogP contribution in [0.25, 0.3) is 0 Å². The molecule has 3 heterocycles. The summed E-state index contributed by atoms with van der Waals surface area (Å²) in [6.07, 6.45) is 0.0186. The van der Waals surface area contributed by atoms with Gasteiger partial charge >= 0.3 is 180 Å². The number of aromatic nitrogens is 1. The molecule has 5 rings (SSSR count). The maximum absolute atomic E-state index is 13.5. The Labute approximate surface area is 259 Å². The summed E-state index contributed by atoms with van der Waals surface area (Å²) in [7, 11) is 0. The minimum absolute atomic E-state index is 0.00617. The normalized spacial score (nSPS) is 22.7. The Morgan fingerprint density at radius 3 is 2.44 bits per heavy atom. The summed E-state index contributed by atoms with van der Waals surface area (Å²) in [5.41, 5.74) is 1.85. The van der Waals surface area contributed by atoms with Crippen LogP contribution in [0.1, 0.15) is 56.8 Å². The van der Waals surface area contributed by atoms with Gasteiger partial charge in [0.15, 0.2) is 0 Å². The van der Waals surface area contributed by atoms with Gasteiger partial charge in [0.1, 0.15) is 6.23 Å². The van der Waals surface area contributed by atoms with Crippen molar-refractivity contribution in [2.24, 2.45) is 11.3 Å². The number of benzene rings is 1. The van der Waals surface area contributed by atoms with Crippen molar-refractivity contribution in [1.82, 2.24) is 15.1 Å². The van der Waals surface area contributed by atoms with Gasteiger partial charge in [0.05, 0.1) is 5.41 Å². The molecule has 2 atom stereocenters. The van der Waals surface area contributed by atoms with Gasteiger partial charge in [-0.05, 0) is 25.3 Å². The summed E-state index contributed by atoms with van der Waals surface area (Å²) in [5.74, 6) is 8.43. The van der Waals surface area contributed by atoms with E-state index in [9.17, 15) is 18.0 Å². The number of carbonyl (C=O) groups excluding carboxylic acids is 1. The number of hydrogen-bond donors (Lipinski definition) is 2. The number of nitrogens with one attached hydrogen (secondary N) is 2. The van der Waals surface area contributed by atoms with Gasteiger partial charge in [-0.15, -0.1) is 0 Å². The van der Waals surface area contributed by atoms with Gasteiger partial charge in [0.2, 0.25) is 0 Å². The second kappa shape index (κ2) is 11.9. The Kier molecular flexibility index (Phi) is 8.94. The number of anilines is 2. The average Bonchev–Trinajstić information content (AvgIpc) is 3.49. The Hall–Kier alpha value is -2.22. The topological polar surface area (TPSA) is 69.7 Å². The second-order valence-electron chi connectivity index (χ2n) is 13.7. The third-order valence-corrected chi connectivity index (χ3v) is 13.8. The van der Waals surface area contributed by atoms with Gasteiger partial charge in [0, 0.05) is 12.8 Å². The van der Waals surface area contributed by atoms with Crippen molar-refractivity contribution in [1.29, 1.82) is 0 Å². The van der Waals surface area contributed by atoms with E-state index in [0.29, 0.717) is 23.1 Å². The number of nitrogens with zero attached hydrogens (tertiary/aromatic N) is 3. The van der Waals surface area contributed by atoms with Crippen molar-refractivity contribution >= 4 is 47.2 Å². The fourth-order valence-corrected chi connectivity index (χ4v) is 8.97. The fourth-order valence-electron chi connectivity index (χ4n) is 5.93. The van der Waals surface area contributed by atoms with Gasteiger partial charge < -0.3 is 4.74 Å². The van der Waals surface area contributed by atoms with Crippen LogP contribution in [0.4, 0.5) is 24.8 Å². The first-order valence-corrected chi connectivity index (χ1v) is 23.0. The summed E-state index contributed by atoms with van der Waals surface area (Å²) >= 11 is -0.625. The molecule has 2 fully saturated rings. The molecule has 1 amide bonds. The molecule has 2 aromatic rings. The second-order valence-corrected chi connectivity index (χ2v) is 25.3. The molecule has 0 radical (unpaired) electrons. The van der Waals surface area contributed by atoms with Gasteiger partial charge in [0.25, 0.3) is 0 Å². The number of ether oxygens (including phenoxy) is 1. The van der Waals surface area contributed by atoms with E-state index in [-0.39, 0.29) is 37.3 Å². The van der Waals surface area contributed by atoms with Gasteiger partial charge in [-0.3, -0.25) is 0 Å². The standard InChI is InChI=1S/C31H42F3GeN5O2S/c1-21-19-29(2,3)39(20-21)27-24(28(41)38-43-23-9-7-22(8-10-23)35(4,5)6)11-12-25(36-27)40-17-13-26(37-40)42-18-16-30(14-15-30)31(32,33)34/h7-13,17,21,26,37H,14-16,18-20H2,1-6H3,(H,38,41). The number of pyridine rings is 1. The van der Waals surface area contributed by atoms with E-state index in [1.165, 1.54) is 16.3 Å². The number of halogens is 3.